The van der Waals surface area contributed by atoms with Gasteiger partial charge in [-0.3, -0.25) is 0 Å². The van der Waals surface area contributed by atoms with E-state index in [0.29, 0.717) is 18.8 Å². The zero-order valence-electron chi connectivity index (χ0n) is 10.7. The minimum Gasteiger partial charge on any atom is -0.371 e. The molecule has 2 saturated heterocycles. The molecular formula is C14H13F3N2O. The van der Waals surface area contributed by atoms with Crippen molar-refractivity contribution in [1.82, 2.24) is 0 Å². The Hall–Kier alpha value is -1.74. The molecule has 0 spiro atoms. The summed E-state index contributed by atoms with van der Waals surface area (Å²) in [5.74, 6) is 0. The molecule has 2 unspecified atom stereocenters. The Kier molecular flexibility index (Phi) is 3.09. The summed E-state index contributed by atoms with van der Waals surface area (Å²) in [7, 11) is 0. The van der Waals surface area contributed by atoms with Crippen LogP contribution in [0.25, 0.3) is 0 Å². The molecule has 3 rings (SSSR count). The summed E-state index contributed by atoms with van der Waals surface area (Å²) in [6.07, 6.45) is -2.36. The summed E-state index contributed by atoms with van der Waals surface area (Å²) >= 11 is 0. The van der Waals surface area contributed by atoms with Crippen LogP contribution in [0.4, 0.5) is 18.9 Å². The van der Waals surface area contributed by atoms with Crippen LogP contribution in [0.15, 0.2) is 18.2 Å². The van der Waals surface area contributed by atoms with E-state index >= 15 is 0 Å². The number of alkyl halides is 3. The standard InChI is InChI=1S/C14H13F3N2O/c15-14(16,17)13-5-10(2-1-9(13)6-18)19-7-11-3-4-12(8-19)20-11/h1-2,5,11-12H,3-4,7-8H2. The van der Waals surface area contributed by atoms with Gasteiger partial charge in [0.1, 0.15) is 0 Å². The molecule has 106 valence electrons. The van der Waals surface area contributed by atoms with E-state index in [1.54, 1.807) is 12.1 Å². The van der Waals surface area contributed by atoms with Crippen LogP contribution in [0.3, 0.4) is 0 Å². The van der Waals surface area contributed by atoms with Gasteiger partial charge in [0.2, 0.25) is 0 Å². The fourth-order valence-corrected chi connectivity index (χ4v) is 2.89. The third-order valence-corrected chi connectivity index (χ3v) is 3.84. The molecule has 0 aromatic heterocycles. The van der Waals surface area contributed by atoms with Gasteiger partial charge in [0.25, 0.3) is 0 Å². The first kappa shape index (κ1) is 13.3. The number of nitrogens with zero attached hydrogens (tertiary/aromatic N) is 2. The third-order valence-electron chi connectivity index (χ3n) is 3.84. The summed E-state index contributed by atoms with van der Waals surface area (Å²) in [5, 5.41) is 8.79. The second kappa shape index (κ2) is 4.67. The SMILES string of the molecule is N#Cc1ccc(N2CC3CCC(C2)O3)cc1C(F)(F)F. The third kappa shape index (κ3) is 2.34. The minimum atomic E-state index is -4.51. The molecule has 2 heterocycles. The maximum absolute atomic E-state index is 13.0. The molecule has 2 fully saturated rings. The lowest BCUT2D eigenvalue weighted by Gasteiger charge is -2.34. The smallest absolute Gasteiger partial charge is 0.371 e. The molecule has 6 heteroatoms. The average molecular weight is 282 g/mol. The molecule has 3 nitrogen and oxygen atoms in total. The molecule has 0 radical (unpaired) electrons. The predicted molar refractivity (Wildman–Crippen MR) is 66.3 cm³/mol. The molecule has 0 N–H and O–H groups in total. The van der Waals surface area contributed by atoms with Gasteiger partial charge >= 0.3 is 6.18 Å². The second-order valence-corrected chi connectivity index (χ2v) is 5.20. The van der Waals surface area contributed by atoms with E-state index in [2.05, 4.69) is 0 Å². The summed E-state index contributed by atoms with van der Waals surface area (Å²) < 4.78 is 44.5. The van der Waals surface area contributed by atoms with Gasteiger partial charge in [-0.05, 0) is 31.0 Å². The normalized spacial score (nSPS) is 25.6. The molecular weight excluding hydrogens is 269 g/mol. The van der Waals surface area contributed by atoms with Crippen molar-refractivity contribution in [2.24, 2.45) is 0 Å². The molecule has 20 heavy (non-hydrogen) atoms. The van der Waals surface area contributed by atoms with Crippen molar-refractivity contribution in [2.45, 2.75) is 31.2 Å². The van der Waals surface area contributed by atoms with Crippen LogP contribution in [0, 0.1) is 11.3 Å². The van der Waals surface area contributed by atoms with Crippen molar-refractivity contribution in [3.8, 4) is 6.07 Å². The van der Waals surface area contributed by atoms with Gasteiger partial charge in [0, 0.05) is 18.8 Å². The molecule has 0 saturated carbocycles. The van der Waals surface area contributed by atoms with Crippen LogP contribution >= 0.6 is 0 Å². The fraction of sp³-hybridized carbons (Fsp3) is 0.500. The van der Waals surface area contributed by atoms with E-state index < -0.39 is 11.7 Å². The molecule has 0 amide bonds. The number of hydrogen-bond donors (Lipinski definition) is 0. The Morgan fingerprint density at radius 1 is 1.20 bits per heavy atom. The van der Waals surface area contributed by atoms with Gasteiger partial charge in [0.15, 0.2) is 0 Å². The van der Waals surface area contributed by atoms with Crippen LogP contribution < -0.4 is 4.90 Å². The van der Waals surface area contributed by atoms with Crippen LogP contribution in [0.2, 0.25) is 0 Å². The first-order valence-electron chi connectivity index (χ1n) is 6.49. The average Bonchev–Trinajstić information content (AvgIpc) is 2.75. The number of morpholine rings is 1. The Morgan fingerprint density at radius 2 is 1.85 bits per heavy atom. The topological polar surface area (TPSA) is 36.3 Å². The molecule has 2 atom stereocenters. The summed E-state index contributed by atoms with van der Waals surface area (Å²) in [6.45, 7) is 1.22. The van der Waals surface area contributed by atoms with E-state index in [1.165, 1.54) is 6.07 Å². The number of benzene rings is 1. The number of nitriles is 1. The predicted octanol–water partition coefficient (Wildman–Crippen LogP) is 2.94. The van der Waals surface area contributed by atoms with Crippen molar-refractivity contribution < 1.29 is 17.9 Å². The Morgan fingerprint density at radius 3 is 2.40 bits per heavy atom. The lowest BCUT2D eigenvalue weighted by Crippen LogP contribution is -2.42. The zero-order valence-corrected chi connectivity index (χ0v) is 10.7. The highest BCUT2D eigenvalue weighted by Gasteiger charge is 2.37. The van der Waals surface area contributed by atoms with Gasteiger partial charge in [-0.25, -0.2) is 0 Å². The summed E-state index contributed by atoms with van der Waals surface area (Å²) in [5.41, 5.74) is -0.689. The quantitative estimate of drug-likeness (QED) is 0.794. The van der Waals surface area contributed by atoms with E-state index in [9.17, 15) is 13.2 Å². The van der Waals surface area contributed by atoms with Crippen molar-refractivity contribution in [2.75, 3.05) is 18.0 Å². The monoisotopic (exact) mass is 282 g/mol. The van der Waals surface area contributed by atoms with Crippen molar-refractivity contribution in [3.63, 3.8) is 0 Å². The van der Waals surface area contributed by atoms with Gasteiger partial charge in [-0.2, -0.15) is 18.4 Å². The van der Waals surface area contributed by atoms with Crippen molar-refractivity contribution in [3.05, 3.63) is 29.3 Å². The summed E-state index contributed by atoms with van der Waals surface area (Å²) in [6, 6.07) is 5.50. The number of ether oxygens (including phenoxy) is 1. The maximum atomic E-state index is 13.0. The van der Waals surface area contributed by atoms with Gasteiger partial charge in [-0.1, -0.05) is 0 Å². The van der Waals surface area contributed by atoms with Gasteiger partial charge in [0.05, 0.1) is 29.4 Å². The first-order valence-corrected chi connectivity index (χ1v) is 6.49. The number of rotatable bonds is 1. The fourth-order valence-electron chi connectivity index (χ4n) is 2.89. The lowest BCUT2D eigenvalue weighted by molar-refractivity contribution is -0.137. The van der Waals surface area contributed by atoms with E-state index in [1.807, 2.05) is 4.90 Å². The van der Waals surface area contributed by atoms with Crippen molar-refractivity contribution >= 4 is 5.69 Å². The molecule has 2 aliphatic heterocycles. The van der Waals surface area contributed by atoms with E-state index in [0.717, 1.165) is 18.9 Å². The number of hydrogen-bond acceptors (Lipinski definition) is 3. The molecule has 1 aromatic rings. The highest BCUT2D eigenvalue weighted by atomic mass is 19.4. The Balaban J connectivity index is 1.93. The molecule has 1 aromatic carbocycles. The van der Waals surface area contributed by atoms with Gasteiger partial charge < -0.3 is 9.64 Å². The number of anilines is 1. The highest BCUT2D eigenvalue weighted by molar-refractivity contribution is 5.55. The Bertz CT molecular complexity index is 553. The van der Waals surface area contributed by atoms with E-state index in [4.69, 9.17) is 10.00 Å². The maximum Gasteiger partial charge on any atom is 0.417 e. The van der Waals surface area contributed by atoms with E-state index in [-0.39, 0.29) is 17.8 Å². The number of halogens is 3. The summed E-state index contributed by atoms with van der Waals surface area (Å²) in [4.78, 5) is 1.92. The molecule has 2 bridgehead atoms. The number of fused-ring (bicyclic) bond motifs is 2. The molecule has 2 aliphatic rings. The molecule has 0 aliphatic carbocycles. The van der Waals surface area contributed by atoms with Crippen LogP contribution in [-0.4, -0.2) is 25.3 Å². The second-order valence-electron chi connectivity index (χ2n) is 5.20. The lowest BCUT2D eigenvalue weighted by atomic mass is 10.1. The zero-order chi connectivity index (χ0) is 14.3. The van der Waals surface area contributed by atoms with Crippen LogP contribution in [-0.2, 0) is 10.9 Å². The Labute approximate surface area is 114 Å². The van der Waals surface area contributed by atoms with Crippen LogP contribution in [0.1, 0.15) is 24.0 Å². The van der Waals surface area contributed by atoms with Crippen molar-refractivity contribution in [1.29, 1.82) is 5.26 Å². The largest absolute Gasteiger partial charge is 0.417 e. The van der Waals surface area contributed by atoms with Crippen LogP contribution in [0.5, 0.6) is 0 Å². The minimum absolute atomic E-state index is 0.110. The highest BCUT2D eigenvalue weighted by Crippen LogP contribution is 2.36. The first-order chi connectivity index (χ1) is 9.47. The van der Waals surface area contributed by atoms with Gasteiger partial charge in [-0.15, -0.1) is 0 Å².